The maximum absolute atomic E-state index is 12.3. The molecule has 2 N–H and O–H groups in total. The molecule has 2 aromatic rings. The largest absolute Gasteiger partial charge is 0.351 e. The van der Waals surface area contributed by atoms with E-state index in [2.05, 4.69) is 10.3 Å². The van der Waals surface area contributed by atoms with Crippen LogP contribution in [0.2, 0.25) is 0 Å². The van der Waals surface area contributed by atoms with Crippen molar-refractivity contribution in [1.82, 2.24) is 15.2 Å². The molecule has 0 aliphatic carbocycles. The van der Waals surface area contributed by atoms with E-state index in [-0.39, 0.29) is 11.8 Å². The molecular formula is C17H25N4O2S+. The van der Waals surface area contributed by atoms with Crippen LogP contribution in [0.15, 0.2) is 24.3 Å². The highest BCUT2D eigenvalue weighted by Gasteiger charge is 2.18. The van der Waals surface area contributed by atoms with Crippen molar-refractivity contribution in [2.75, 3.05) is 33.7 Å². The van der Waals surface area contributed by atoms with E-state index in [0.29, 0.717) is 26.2 Å². The van der Waals surface area contributed by atoms with Crippen LogP contribution in [0.5, 0.6) is 0 Å². The number of thiazole rings is 1. The number of benzene rings is 1. The van der Waals surface area contributed by atoms with Crippen molar-refractivity contribution in [2.45, 2.75) is 19.9 Å². The smallest absolute Gasteiger partial charge is 0.277 e. The Morgan fingerprint density at radius 2 is 2.04 bits per heavy atom. The molecule has 1 aromatic heterocycles. The van der Waals surface area contributed by atoms with Gasteiger partial charge in [0.15, 0.2) is 13.1 Å². The van der Waals surface area contributed by atoms with Gasteiger partial charge in [0.2, 0.25) is 0 Å². The summed E-state index contributed by atoms with van der Waals surface area (Å²) in [7, 11) is 3.63. The summed E-state index contributed by atoms with van der Waals surface area (Å²) in [5, 5.41) is 3.75. The Hall–Kier alpha value is -1.99. The van der Waals surface area contributed by atoms with Gasteiger partial charge in [0.25, 0.3) is 11.8 Å². The van der Waals surface area contributed by atoms with E-state index in [1.807, 2.05) is 38.2 Å². The second-order valence-corrected chi connectivity index (χ2v) is 7.10. The van der Waals surface area contributed by atoms with Gasteiger partial charge in [0.05, 0.1) is 23.8 Å². The summed E-state index contributed by atoms with van der Waals surface area (Å²) in [5.41, 5.74) is 0.966. The minimum atomic E-state index is -0.0176. The summed E-state index contributed by atoms with van der Waals surface area (Å²) >= 11 is 1.61. The number of likely N-dealkylation sites (N-methyl/N-ethyl adjacent to an activating group) is 2. The topological polar surface area (TPSA) is 66.7 Å². The molecule has 0 aliphatic heterocycles. The highest BCUT2D eigenvalue weighted by Crippen LogP contribution is 2.22. The number of nitrogens with zero attached hydrogens (tertiary/aromatic N) is 2. The molecule has 1 unspecified atom stereocenters. The predicted molar refractivity (Wildman–Crippen MR) is 96.0 cm³/mol. The molecule has 0 saturated carbocycles. The maximum Gasteiger partial charge on any atom is 0.277 e. The Balaban J connectivity index is 1.84. The highest BCUT2D eigenvalue weighted by atomic mass is 32.1. The fourth-order valence-corrected chi connectivity index (χ4v) is 3.36. The Morgan fingerprint density at radius 3 is 2.75 bits per heavy atom. The van der Waals surface area contributed by atoms with Gasteiger partial charge < -0.3 is 15.1 Å². The normalized spacial score (nSPS) is 12.1. The molecule has 0 saturated heterocycles. The van der Waals surface area contributed by atoms with Crippen molar-refractivity contribution in [2.24, 2.45) is 0 Å². The average Bonchev–Trinajstić information content (AvgIpc) is 2.94. The van der Waals surface area contributed by atoms with Crippen LogP contribution in [0.25, 0.3) is 10.2 Å². The van der Waals surface area contributed by atoms with Gasteiger partial charge in [-0.15, -0.1) is 11.3 Å². The molecule has 24 heavy (non-hydrogen) atoms. The molecule has 2 rings (SSSR count). The van der Waals surface area contributed by atoms with Crippen molar-refractivity contribution in [3.05, 3.63) is 29.3 Å². The van der Waals surface area contributed by atoms with Gasteiger partial charge in [0, 0.05) is 13.6 Å². The lowest BCUT2D eigenvalue weighted by atomic mass is 10.3. The molecule has 2 amide bonds. The molecule has 130 valence electrons. The minimum Gasteiger partial charge on any atom is -0.351 e. The standard InChI is InChI=1S/C17H24N4O2S/c1-4-9-18-15(22)10-20(2)12-17(23)21(3)11-16-19-13-7-5-6-8-14(13)24-16/h5-8H,4,9-12H2,1-3H3,(H,18,22)/p+1. The van der Waals surface area contributed by atoms with Crippen molar-refractivity contribution < 1.29 is 14.5 Å². The van der Waals surface area contributed by atoms with Crippen LogP contribution in [0, 0.1) is 0 Å². The zero-order valence-corrected chi connectivity index (χ0v) is 15.3. The molecule has 7 heteroatoms. The molecule has 0 aliphatic rings. The quantitative estimate of drug-likeness (QED) is 0.720. The number of amides is 2. The molecule has 0 radical (unpaired) electrons. The van der Waals surface area contributed by atoms with E-state index in [1.165, 1.54) is 0 Å². The number of rotatable bonds is 8. The van der Waals surface area contributed by atoms with Crippen LogP contribution in [-0.2, 0) is 16.1 Å². The summed E-state index contributed by atoms with van der Waals surface area (Å²) in [6.07, 6.45) is 0.911. The summed E-state index contributed by atoms with van der Waals surface area (Å²) in [5.74, 6) is -0.00831. The molecule has 0 fully saturated rings. The molecule has 0 bridgehead atoms. The Labute approximate surface area is 146 Å². The van der Waals surface area contributed by atoms with Gasteiger partial charge in [0.1, 0.15) is 5.01 Å². The van der Waals surface area contributed by atoms with Crippen LogP contribution in [0.3, 0.4) is 0 Å². The van der Waals surface area contributed by atoms with Crippen molar-refractivity contribution >= 4 is 33.4 Å². The van der Waals surface area contributed by atoms with E-state index in [9.17, 15) is 9.59 Å². The minimum absolute atomic E-state index is 0.00930. The highest BCUT2D eigenvalue weighted by molar-refractivity contribution is 7.18. The summed E-state index contributed by atoms with van der Waals surface area (Å²) in [4.78, 5) is 31.1. The number of carbonyl (C=O) groups is 2. The van der Waals surface area contributed by atoms with E-state index in [0.717, 1.165) is 26.5 Å². The number of fused-ring (bicyclic) bond motifs is 1. The van der Waals surface area contributed by atoms with Gasteiger partial charge in [-0.05, 0) is 18.6 Å². The lowest BCUT2D eigenvalue weighted by molar-refractivity contribution is -0.863. The van der Waals surface area contributed by atoms with E-state index < -0.39 is 0 Å². The second-order valence-electron chi connectivity index (χ2n) is 5.99. The van der Waals surface area contributed by atoms with Gasteiger partial charge >= 0.3 is 0 Å². The zero-order chi connectivity index (χ0) is 17.5. The molecule has 6 nitrogen and oxygen atoms in total. The molecule has 1 heterocycles. The fraction of sp³-hybridized carbons (Fsp3) is 0.471. The summed E-state index contributed by atoms with van der Waals surface area (Å²) in [6, 6.07) is 7.96. The fourth-order valence-electron chi connectivity index (χ4n) is 2.34. The van der Waals surface area contributed by atoms with Crippen molar-refractivity contribution in [1.29, 1.82) is 0 Å². The first-order valence-electron chi connectivity index (χ1n) is 8.16. The van der Waals surface area contributed by atoms with E-state index >= 15 is 0 Å². The van der Waals surface area contributed by atoms with Crippen LogP contribution < -0.4 is 10.2 Å². The summed E-state index contributed by atoms with van der Waals surface area (Å²) < 4.78 is 1.13. The van der Waals surface area contributed by atoms with Gasteiger partial charge in [-0.25, -0.2) is 4.98 Å². The number of quaternary nitrogens is 1. The first-order chi connectivity index (χ1) is 11.5. The first-order valence-corrected chi connectivity index (χ1v) is 8.97. The molecule has 1 atom stereocenters. The number of nitrogens with one attached hydrogen (secondary N) is 2. The number of hydrogen-bond acceptors (Lipinski definition) is 4. The SMILES string of the molecule is CCCNC(=O)C[NH+](C)CC(=O)N(C)Cc1nc2ccccc2s1. The van der Waals surface area contributed by atoms with E-state index in [4.69, 9.17) is 0 Å². The van der Waals surface area contributed by atoms with Crippen LogP contribution in [0.1, 0.15) is 18.4 Å². The third-order valence-electron chi connectivity index (χ3n) is 3.62. The Kier molecular flexibility index (Phi) is 6.69. The number of hydrogen-bond donors (Lipinski definition) is 2. The van der Waals surface area contributed by atoms with Crippen LogP contribution in [0.4, 0.5) is 0 Å². The second kappa shape index (κ2) is 8.75. The van der Waals surface area contributed by atoms with Crippen LogP contribution in [-0.4, -0.2) is 55.4 Å². The third kappa shape index (κ3) is 5.28. The number of carbonyl (C=O) groups excluding carboxylic acids is 2. The van der Waals surface area contributed by atoms with E-state index in [1.54, 1.807) is 23.3 Å². The Morgan fingerprint density at radius 1 is 1.29 bits per heavy atom. The lowest BCUT2D eigenvalue weighted by Gasteiger charge is -2.18. The molecule has 0 spiro atoms. The average molecular weight is 349 g/mol. The van der Waals surface area contributed by atoms with Gasteiger partial charge in [-0.3, -0.25) is 9.59 Å². The zero-order valence-electron chi connectivity index (χ0n) is 14.5. The first kappa shape index (κ1) is 18.4. The number of para-hydroxylation sites is 1. The van der Waals surface area contributed by atoms with Crippen molar-refractivity contribution in [3.63, 3.8) is 0 Å². The predicted octanol–water partition coefficient (Wildman–Crippen LogP) is 0.296. The number of aromatic nitrogens is 1. The monoisotopic (exact) mass is 349 g/mol. The Bertz CT molecular complexity index is 668. The summed E-state index contributed by atoms with van der Waals surface area (Å²) in [6.45, 7) is 3.78. The molecule has 1 aromatic carbocycles. The van der Waals surface area contributed by atoms with Crippen LogP contribution >= 0.6 is 11.3 Å². The van der Waals surface area contributed by atoms with Gasteiger partial charge in [-0.2, -0.15) is 0 Å². The molecular weight excluding hydrogens is 324 g/mol. The van der Waals surface area contributed by atoms with Crippen molar-refractivity contribution in [3.8, 4) is 0 Å². The lowest BCUT2D eigenvalue weighted by Crippen LogP contribution is -3.11. The third-order valence-corrected chi connectivity index (χ3v) is 4.65. The van der Waals surface area contributed by atoms with Gasteiger partial charge in [-0.1, -0.05) is 19.1 Å². The maximum atomic E-state index is 12.3.